The average Bonchev–Trinajstić information content (AvgIpc) is 2.55. The summed E-state index contributed by atoms with van der Waals surface area (Å²) in [5.41, 5.74) is 0.890. The van der Waals surface area contributed by atoms with Gasteiger partial charge < -0.3 is 10.4 Å². The molecule has 2 N–H and O–H groups in total. The second kappa shape index (κ2) is 3.96. The Bertz CT molecular complexity index is 416. The Hall–Kier alpha value is -1.84. The molecule has 2 rings (SSSR count). The standard InChI is InChI=1S/C12H13NO3/c1-7-9(8-5-3-2-4-6-8)10(12(15)16)11(14)13-7/h2-7,9-10H,1H3,(H,13,14)(H,15,16). The normalized spacial score (nSPS) is 28.8. The lowest BCUT2D eigenvalue weighted by Gasteiger charge is -2.17. The maximum Gasteiger partial charge on any atom is 0.316 e. The summed E-state index contributed by atoms with van der Waals surface area (Å²) in [6.07, 6.45) is 0. The SMILES string of the molecule is CC1NC(=O)C(C(=O)O)C1c1ccccc1. The van der Waals surface area contributed by atoms with E-state index < -0.39 is 17.8 Å². The third kappa shape index (κ3) is 1.66. The number of aliphatic carboxylic acids is 1. The van der Waals surface area contributed by atoms with Gasteiger partial charge in [0.15, 0.2) is 0 Å². The van der Waals surface area contributed by atoms with Crippen LogP contribution in [0.15, 0.2) is 30.3 Å². The van der Waals surface area contributed by atoms with E-state index in [4.69, 9.17) is 5.11 Å². The van der Waals surface area contributed by atoms with Gasteiger partial charge in [0.25, 0.3) is 0 Å². The molecule has 1 aromatic rings. The number of amides is 1. The number of carboxylic acids is 1. The molecule has 84 valence electrons. The number of carbonyl (C=O) groups is 2. The Labute approximate surface area is 93.3 Å². The molecule has 1 aliphatic rings. The highest BCUT2D eigenvalue weighted by Crippen LogP contribution is 2.33. The summed E-state index contributed by atoms with van der Waals surface area (Å²) < 4.78 is 0. The molecule has 1 aromatic carbocycles. The number of carbonyl (C=O) groups excluding carboxylic acids is 1. The Kier molecular flexibility index (Phi) is 2.64. The summed E-state index contributed by atoms with van der Waals surface area (Å²) in [7, 11) is 0. The van der Waals surface area contributed by atoms with Crippen LogP contribution in [0.5, 0.6) is 0 Å². The van der Waals surface area contributed by atoms with Crippen molar-refractivity contribution < 1.29 is 14.7 Å². The first-order valence-corrected chi connectivity index (χ1v) is 5.19. The van der Waals surface area contributed by atoms with E-state index in [1.165, 1.54) is 0 Å². The van der Waals surface area contributed by atoms with Crippen molar-refractivity contribution in [1.82, 2.24) is 5.32 Å². The highest BCUT2D eigenvalue weighted by molar-refractivity contribution is 6.00. The van der Waals surface area contributed by atoms with Gasteiger partial charge >= 0.3 is 5.97 Å². The van der Waals surface area contributed by atoms with Crippen molar-refractivity contribution in [2.24, 2.45) is 5.92 Å². The fraction of sp³-hybridized carbons (Fsp3) is 0.333. The predicted octanol–water partition coefficient (Wildman–Crippen LogP) is 0.989. The van der Waals surface area contributed by atoms with Crippen molar-refractivity contribution in [3.63, 3.8) is 0 Å². The highest BCUT2D eigenvalue weighted by atomic mass is 16.4. The molecular weight excluding hydrogens is 206 g/mol. The molecular formula is C12H13NO3. The first kappa shape index (κ1) is 10.7. The highest BCUT2D eigenvalue weighted by Gasteiger charge is 2.45. The van der Waals surface area contributed by atoms with Crippen molar-refractivity contribution in [2.75, 3.05) is 0 Å². The van der Waals surface area contributed by atoms with E-state index in [-0.39, 0.29) is 12.0 Å². The van der Waals surface area contributed by atoms with Crippen molar-refractivity contribution in [3.05, 3.63) is 35.9 Å². The molecule has 1 fully saturated rings. The molecule has 0 spiro atoms. The van der Waals surface area contributed by atoms with Gasteiger partial charge in [0.05, 0.1) is 0 Å². The summed E-state index contributed by atoms with van der Waals surface area (Å²) in [5.74, 6) is -2.71. The summed E-state index contributed by atoms with van der Waals surface area (Å²) >= 11 is 0. The molecule has 0 radical (unpaired) electrons. The quantitative estimate of drug-likeness (QED) is 0.729. The maximum absolute atomic E-state index is 11.5. The number of hydrogen-bond acceptors (Lipinski definition) is 2. The van der Waals surface area contributed by atoms with Crippen LogP contribution in [-0.4, -0.2) is 23.0 Å². The molecule has 4 nitrogen and oxygen atoms in total. The molecule has 4 heteroatoms. The van der Waals surface area contributed by atoms with Crippen LogP contribution in [0.2, 0.25) is 0 Å². The minimum atomic E-state index is -1.06. The van der Waals surface area contributed by atoms with Crippen LogP contribution in [0.1, 0.15) is 18.4 Å². The molecule has 3 unspecified atom stereocenters. The molecule has 0 aliphatic carbocycles. The van der Waals surface area contributed by atoms with Crippen molar-refractivity contribution in [1.29, 1.82) is 0 Å². The molecule has 1 heterocycles. The van der Waals surface area contributed by atoms with Gasteiger partial charge in [-0.2, -0.15) is 0 Å². The number of nitrogens with one attached hydrogen (secondary N) is 1. The minimum Gasteiger partial charge on any atom is -0.481 e. The third-order valence-corrected chi connectivity index (χ3v) is 3.00. The maximum atomic E-state index is 11.5. The summed E-state index contributed by atoms with van der Waals surface area (Å²) in [6.45, 7) is 1.83. The van der Waals surface area contributed by atoms with Gasteiger partial charge in [-0.1, -0.05) is 30.3 Å². The zero-order valence-corrected chi connectivity index (χ0v) is 8.88. The molecule has 1 amide bonds. The van der Waals surface area contributed by atoms with E-state index in [9.17, 15) is 9.59 Å². The molecule has 0 aromatic heterocycles. The molecule has 0 saturated carbocycles. The second-order valence-electron chi connectivity index (χ2n) is 4.05. The summed E-state index contributed by atoms with van der Waals surface area (Å²) in [4.78, 5) is 22.6. The Balaban J connectivity index is 2.38. The van der Waals surface area contributed by atoms with Gasteiger partial charge in [0.1, 0.15) is 5.92 Å². The zero-order valence-electron chi connectivity index (χ0n) is 8.88. The minimum absolute atomic E-state index is 0.143. The zero-order chi connectivity index (χ0) is 11.7. The first-order chi connectivity index (χ1) is 7.61. The Morgan fingerprint density at radius 2 is 1.94 bits per heavy atom. The summed E-state index contributed by atoms with van der Waals surface area (Å²) in [6, 6.07) is 9.15. The van der Waals surface area contributed by atoms with Crippen LogP contribution >= 0.6 is 0 Å². The van der Waals surface area contributed by atoms with Gasteiger partial charge in [-0.3, -0.25) is 9.59 Å². The van der Waals surface area contributed by atoms with Crippen molar-refractivity contribution >= 4 is 11.9 Å². The molecule has 1 aliphatic heterocycles. The smallest absolute Gasteiger partial charge is 0.316 e. The topological polar surface area (TPSA) is 66.4 Å². The van der Waals surface area contributed by atoms with E-state index in [2.05, 4.69) is 5.32 Å². The number of benzene rings is 1. The summed E-state index contributed by atoms with van der Waals surface area (Å²) in [5, 5.41) is 11.7. The van der Waals surface area contributed by atoms with Crippen LogP contribution in [0.3, 0.4) is 0 Å². The second-order valence-corrected chi connectivity index (χ2v) is 4.05. The van der Waals surface area contributed by atoms with Crippen LogP contribution in [-0.2, 0) is 9.59 Å². The van der Waals surface area contributed by atoms with E-state index in [0.717, 1.165) is 5.56 Å². The van der Waals surface area contributed by atoms with Gasteiger partial charge in [-0.05, 0) is 12.5 Å². The largest absolute Gasteiger partial charge is 0.481 e. The number of rotatable bonds is 2. The van der Waals surface area contributed by atoms with E-state index in [1.807, 2.05) is 37.3 Å². The van der Waals surface area contributed by atoms with Crippen molar-refractivity contribution in [3.8, 4) is 0 Å². The lowest BCUT2D eigenvalue weighted by molar-refractivity contribution is -0.145. The molecule has 0 bridgehead atoms. The van der Waals surface area contributed by atoms with Crippen LogP contribution in [0.25, 0.3) is 0 Å². The molecule has 3 atom stereocenters. The van der Waals surface area contributed by atoms with Crippen LogP contribution < -0.4 is 5.32 Å². The number of carboxylic acid groups (broad SMARTS) is 1. The fourth-order valence-corrected chi connectivity index (χ4v) is 2.28. The Morgan fingerprint density at radius 3 is 2.50 bits per heavy atom. The Morgan fingerprint density at radius 1 is 1.31 bits per heavy atom. The van der Waals surface area contributed by atoms with E-state index in [1.54, 1.807) is 0 Å². The van der Waals surface area contributed by atoms with Crippen LogP contribution in [0.4, 0.5) is 0 Å². The average molecular weight is 219 g/mol. The monoisotopic (exact) mass is 219 g/mol. The fourth-order valence-electron chi connectivity index (χ4n) is 2.28. The predicted molar refractivity (Wildman–Crippen MR) is 57.9 cm³/mol. The molecule has 1 saturated heterocycles. The number of hydrogen-bond donors (Lipinski definition) is 2. The van der Waals surface area contributed by atoms with Gasteiger partial charge in [0, 0.05) is 12.0 Å². The first-order valence-electron chi connectivity index (χ1n) is 5.19. The molecule has 16 heavy (non-hydrogen) atoms. The third-order valence-electron chi connectivity index (χ3n) is 3.00. The van der Waals surface area contributed by atoms with E-state index >= 15 is 0 Å². The lowest BCUT2D eigenvalue weighted by Crippen LogP contribution is -2.26. The van der Waals surface area contributed by atoms with Crippen molar-refractivity contribution in [2.45, 2.75) is 18.9 Å². The van der Waals surface area contributed by atoms with E-state index in [0.29, 0.717) is 0 Å². The lowest BCUT2D eigenvalue weighted by atomic mass is 9.85. The van der Waals surface area contributed by atoms with Gasteiger partial charge in [-0.25, -0.2) is 0 Å². The van der Waals surface area contributed by atoms with Gasteiger partial charge in [0.2, 0.25) is 5.91 Å². The van der Waals surface area contributed by atoms with Crippen LogP contribution in [0, 0.1) is 5.92 Å². The van der Waals surface area contributed by atoms with Gasteiger partial charge in [-0.15, -0.1) is 0 Å².